The fraction of sp³-hybridized carbons (Fsp3) is 0.182. The summed E-state index contributed by atoms with van der Waals surface area (Å²) in [5.41, 5.74) is 3.04. The predicted octanol–water partition coefficient (Wildman–Crippen LogP) is 3.23. The van der Waals surface area contributed by atoms with Crippen molar-refractivity contribution in [3.63, 3.8) is 0 Å². The van der Waals surface area contributed by atoms with Gasteiger partial charge < -0.3 is 5.32 Å². The molecule has 1 amide bonds. The molecule has 7 heteroatoms. The van der Waals surface area contributed by atoms with Gasteiger partial charge in [0.05, 0.1) is 11.9 Å². The molecule has 0 aliphatic rings. The van der Waals surface area contributed by atoms with Gasteiger partial charge in [0, 0.05) is 18.7 Å². The van der Waals surface area contributed by atoms with Crippen LogP contribution >= 0.6 is 0 Å². The molecule has 0 fully saturated rings. The first kappa shape index (κ1) is 18.6. The lowest BCUT2D eigenvalue weighted by Gasteiger charge is -2.10. The fourth-order valence-corrected chi connectivity index (χ4v) is 3.20. The Labute approximate surface area is 167 Å². The van der Waals surface area contributed by atoms with Crippen LogP contribution in [0.4, 0.5) is 5.69 Å². The Morgan fingerprint density at radius 3 is 2.48 bits per heavy atom. The highest BCUT2D eigenvalue weighted by molar-refractivity contribution is 5.90. The Morgan fingerprint density at radius 2 is 1.76 bits per heavy atom. The summed E-state index contributed by atoms with van der Waals surface area (Å²) in [6.45, 7) is 4.03. The molecule has 2 heterocycles. The lowest BCUT2D eigenvalue weighted by Crippen LogP contribution is -2.26. The number of carbonyl (C=O) groups excluding carboxylic acids is 1. The third-order valence-corrected chi connectivity index (χ3v) is 4.78. The SMILES string of the molecule is Cc1ccc(-n2ncc3c(=O)n(CCC(=O)Nc4ccccc4)c(C)nc32)cc1. The molecule has 1 N–H and O–H groups in total. The van der Waals surface area contributed by atoms with Gasteiger partial charge in [-0.2, -0.15) is 5.10 Å². The predicted molar refractivity (Wildman–Crippen MR) is 112 cm³/mol. The second kappa shape index (κ2) is 7.71. The van der Waals surface area contributed by atoms with Crippen molar-refractivity contribution < 1.29 is 4.79 Å². The minimum absolute atomic E-state index is 0.155. The third kappa shape index (κ3) is 3.80. The molecule has 0 spiro atoms. The lowest BCUT2D eigenvalue weighted by atomic mass is 10.2. The van der Waals surface area contributed by atoms with Gasteiger partial charge in [-0.15, -0.1) is 0 Å². The highest BCUT2D eigenvalue weighted by Gasteiger charge is 2.15. The van der Waals surface area contributed by atoms with Gasteiger partial charge in [-0.05, 0) is 38.1 Å². The van der Waals surface area contributed by atoms with Crippen molar-refractivity contribution >= 4 is 22.6 Å². The maximum Gasteiger partial charge on any atom is 0.264 e. The molecule has 7 nitrogen and oxygen atoms in total. The molecule has 2 aromatic heterocycles. The molecular weight excluding hydrogens is 366 g/mol. The molecule has 0 bridgehead atoms. The number of para-hydroxylation sites is 1. The smallest absolute Gasteiger partial charge is 0.264 e. The van der Waals surface area contributed by atoms with E-state index in [2.05, 4.69) is 15.4 Å². The molecule has 0 saturated heterocycles. The van der Waals surface area contributed by atoms with Crippen LogP contribution in [0.1, 0.15) is 17.8 Å². The van der Waals surface area contributed by atoms with Crippen LogP contribution < -0.4 is 10.9 Å². The van der Waals surface area contributed by atoms with Crippen molar-refractivity contribution in [1.82, 2.24) is 19.3 Å². The van der Waals surface area contributed by atoms with Crippen molar-refractivity contribution in [2.75, 3.05) is 5.32 Å². The zero-order valence-corrected chi connectivity index (χ0v) is 16.3. The summed E-state index contributed by atoms with van der Waals surface area (Å²) in [5.74, 6) is 0.391. The summed E-state index contributed by atoms with van der Waals surface area (Å²) in [7, 11) is 0. The summed E-state index contributed by atoms with van der Waals surface area (Å²) in [5, 5.41) is 7.61. The molecule has 2 aromatic carbocycles. The zero-order valence-electron chi connectivity index (χ0n) is 16.3. The Hall–Kier alpha value is -3.74. The van der Waals surface area contributed by atoms with E-state index >= 15 is 0 Å². The molecule has 0 radical (unpaired) electrons. The molecule has 0 aliphatic carbocycles. The monoisotopic (exact) mass is 387 g/mol. The number of hydrogen-bond donors (Lipinski definition) is 1. The van der Waals surface area contributed by atoms with Gasteiger partial charge in [0.15, 0.2) is 5.65 Å². The number of carbonyl (C=O) groups is 1. The average molecular weight is 387 g/mol. The number of benzene rings is 2. The van der Waals surface area contributed by atoms with Crippen LogP contribution in [-0.2, 0) is 11.3 Å². The van der Waals surface area contributed by atoms with Gasteiger partial charge in [0.2, 0.25) is 5.91 Å². The number of aryl methyl sites for hydroxylation is 2. The molecule has 0 saturated carbocycles. The molecule has 4 aromatic rings. The highest BCUT2D eigenvalue weighted by Crippen LogP contribution is 2.15. The Balaban J connectivity index is 1.59. The maximum atomic E-state index is 13.0. The van der Waals surface area contributed by atoms with E-state index in [0.29, 0.717) is 16.9 Å². The summed E-state index contributed by atoms with van der Waals surface area (Å²) in [6.07, 6.45) is 1.71. The Morgan fingerprint density at radius 1 is 1.03 bits per heavy atom. The summed E-state index contributed by atoms with van der Waals surface area (Å²) >= 11 is 0. The topological polar surface area (TPSA) is 81.8 Å². The minimum atomic E-state index is -0.196. The molecule has 146 valence electrons. The van der Waals surface area contributed by atoms with E-state index in [1.165, 1.54) is 10.8 Å². The first-order chi connectivity index (χ1) is 14.0. The lowest BCUT2D eigenvalue weighted by molar-refractivity contribution is -0.116. The Kier molecular flexibility index (Phi) is 4.95. The number of hydrogen-bond acceptors (Lipinski definition) is 4. The molecule has 4 rings (SSSR count). The van der Waals surface area contributed by atoms with Crippen LogP contribution in [0.3, 0.4) is 0 Å². The first-order valence-corrected chi connectivity index (χ1v) is 9.40. The van der Waals surface area contributed by atoms with Gasteiger partial charge in [0.1, 0.15) is 11.2 Å². The number of amides is 1. The van der Waals surface area contributed by atoms with Gasteiger partial charge in [-0.1, -0.05) is 35.9 Å². The second-order valence-electron chi connectivity index (χ2n) is 6.91. The van der Waals surface area contributed by atoms with Crippen molar-refractivity contribution in [2.24, 2.45) is 0 Å². The van der Waals surface area contributed by atoms with E-state index in [1.54, 1.807) is 11.6 Å². The summed E-state index contributed by atoms with van der Waals surface area (Å²) in [4.78, 5) is 29.8. The second-order valence-corrected chi connectivity index (χ2v) is 6.91. The van der Waals surface area contributed by atoms with Crippen molar-refractivity contribution in [1.29, 1.82) is 0 Å². The fourth-order valence-electron chi connectivity index (χ4n) is 3.20. The summed E-state index contributed by atoms with van der Waals surface area (Å²) < 4.78 is 3.18. The van der Waals surface area contributed by atoms with Crippen molar-refractivity contribution in [2.45, 2.75) is 26.8 Å². The number of fused-ring (bicyclic) bond motifs is 1. The molecular formula is C22H21N5O2. The van der Waals surface area contributed by atoms with E-state index in [4.69, 9.17) is 0 Å². The highest BCUT2D eigenvalue weighted by atomic mass is 16.2. The standard InChI is InChI=1S/C22H21N5O2/c1-15-8-10-18(11-9-15)27-21-19(14-23-27)22(29)26(16(2)24-21)13-12-20(28)25-17-6-4-3-5-7-17/h3-11,14H,12-13H2,1-2H3,(H,25,28). The average Bonchev–Trinajstić information content (AvgIpc) is 3.13. The Bertz CT molecular complexity index is 1220. The largest absolute Gasteiger partial charge is 0.326 e. The van der Waals surface area contributed by atoms with Gasteiger partial charge in [-0.3, -0.25) is 14.2 Å². The van der Waals surface area contributed by atoms with E-state index in [-0.39, 0.29) is 24.4 Å². The molecule has 29 heavy (non-hydrogen) atoms. The molecule has 0 unspecified atom stereocenters. The van der Waals surface area contributed by atoms with Gasteiger partial charge >= 0.3 is 0 Å². The van der Waals surface area contributed by atoms with Crippen LogP contribution in [-0.4, -0.2) is 25.2 Å². The van der Waals surface area contributed by atoms with E-state index in [1.807, 2.05) is 61.5 Å². The quantitative estimate of drug-likeness (QED) is 0.570. The van der Waals surface area contributed by atoms with Crippen molar-refractivity contribution in [3.8, 4) is 5.69 Å². The molecule has 0 aliphatic heterocycles. The maximum absolute atomic E-state index is 13.0. The first-order valence-electron chi connectivity index (χ1n) is 9.40. The van der Waals surface area contributed by atoms with E-state index < -0.39 is 0 Å². The number of anilines is 1. The van der Waals surface area contributed by atoms with Crippen LogP contribution in [0, 0.1) is 13.8 Å². The van der Waals surface area contributed by atoms with Gasteiger partial charge in [-0.25, -0.2) is 9.67 Å². The van der Waals surface area contributed by atoms with Crippen LogP contribution in [0.5, 0.6) is 0 Å². The third-order valence-electron chi connectivity index (χ3n) is 4.78. The number of nitrogens with zero attached hydrogens (tertiary/aromatic N) is 4. The minimum Gasteiger partial charge on any atom is -0.326 e. The summed E-state index contributed by atoms with van der Waals surface area (Å²) in [6, 6.07) is 17.1. The van der Waals surface area contributed by atoms with Crippen LogP contribution in [0.2, 0.25) is 0 Å². The number of aromatic nitrogens is 4. The van der Waals surface area contributed by atoms with Crippen molar-refractivity contribution in [3.05, 3.63) is 82.5 Å². The number of rotatable bonds is 5. The van der Waals surface area contributed by atoms with Crippen LogP contribution in [0.15, 0.2) is 65.6 Å². The zero-order chi connectivity index (χ0) is 20.4. The number of nitrogens with one attached hydrogen (secondary N) is 1. The molecule has 0 atom stereocenters. The van der Waals surface area contributed by atoms with E-state index in [9.17, 15) is 9.59 Å². The van der Waals surface area contributed by atoms with E-state index in [0.717, 1.165) is 16.9 Å². The van der Waals surface area contributed by atoms with Gasteiger partial charge in [0.25, 0.3) is 5.56 Å². The normalized spacial score (nSPS) is 11.0. The van der Waals surface area contributed by atoms with Crippen LogP contribution in [0.25, 0.3) is 16.7 Å².